The smallest absolute Gasteiger partial charge is 0.322 e. The lowest BCUT2D eigenvalue weighted by Crippen LogP contribution is -2.31. The van der Waals surface area contributed by atoms with Gasteiger partial charge in [0.1, 0.15) is 11.4 Å². The van der Waals surface area contributed by atoms with Gasteiger partial charge in [-0.3, -0.25) is 4.79 Å². The van der Waals surface area contributed by atoms with E-state index >= 15 is 4.39 Å². The zero-order valence-corrected chi connectivity index (χ0v) is 22.3. The first-order valence-electron chi connectivity index (χ1n) is 13.0. The molecule has 0 atom stereocenters. The number of aromatic nitrogens is 4. The molecule has 0 fully saturated rings. The number of fused-ring (bicyclic) bond motifs is 2. The number of nitrogens with zero attached hydrogens (tertiary/aromatic N) is 5. The van der Waals surface area contributed by atoms with Gasteiger partial charge in [-0.1, -0.05) is 24.3 Å². The number of nitrogens with one attached hydrogen (secondary N) is 2. The molecule has 11 heteroatoms. The minimum absolute atomic E-state index is 0.0194. The van der Waals surface area contributed by atoms with Crippen LogP contribution in [0.15, 0.2) is 73.1 Å². The highest BCUT2D eigenvalue weighted by atomic mass is 19.3. The van der Waals surface area contributed by atoms with E-state index in [0.717, 1.165) is 31.4 Å². The molecule has 6 rings (SSSR count). The first-order valence-corrected chi connectivity index (χ1v) is 13.0. The Labute approximate surface area is 233 Å². The quantitative estimate of drug-likeness (QED) is 0.270. The number of carbonyl (C=O) groups is 1. The van der Waals surface area contributed by atoms with Crippen molar-refractivity contribution in [3.63, 3.8) is 0 Å². The lowest BCUT2D eigenvalue weighted by Gasteiger charge is -2.25. The number of alkyl halides is 2. The number of anilines is 3. The van der Waals surface area contributed by atoms with Crippen LogP contribution >= 0.6 is 0 Å². The van der Waals surface area contributed by atoms with Gasteiger partial charge in [0.2, 0.25) is 5.95 Å². The standard InChI is InChI=1S/C30H26F3N7O/c1-30(32,33)28(41)35-21-7-5-6-19(14-21)26-25(24-8-3-4-12-40(24)38-26)27-23(31)16-34-29(37-27)36-22-10-9-18-11-13-39(2)17-20(18)15-22/h3-10,12,14-16H,11,13,17H2,1-2H3,(H,35,41)(H,34,36,37). The Bertz CT molecular complexity index is 1780. The molecule has 1 amide bonds. The zero-order valence-electron chi connectivity index (χ0n) is 22.3. The van der Waals surface area contributed by atoms with E-state index in [-0.39, 0.29) is 17.3 Å². The highest BCUT2D eigenvalue weighted by Gasteiger charge is 2.32. The second-order valence-electron chi connectivity index (χ2n) is 10.2. The average Bonchev–Trinajstić information content (AvgIpc) is 3.33. The lowest BCUT2D eigenvalue weighted by molar-refractivity contribution is -0.137. The minimum Gasteiger partial charge on any atom is -0.324 e. The first kappa shape index (κ1) is 26.5. The van der Waals surface area contributed by atoms with Crippen LogP contribution in [0.1, 0.15) is 18.1 Å². The van der Waals surface area contributed by atoms with Gasteiger partial charge in [0.25, 0.3) is 5.91 Å². The van der Waals surface area contributed by atoms with Crippen molar-refractivity contribution in [2.24, 2.45) is 0 Å². The molecule has 208 valence electrons. The van der Waals surface area contributed by atoms with Crippen LogP contribution in [-0.2, 0) is 17.8 Å². The van der Waals surface area contributed by atoms with Crippen LogP contribution in [0.2, 0.25) is 0 Å². The van der Waals surface area contributed by atoms with E-state index in [1.54, 1.807) is 41.0 Å². The van der Waals surface area contributed by atoms with E-state index < -0.39 is 17.6 Å². The summed E-state index contributed by atoms with van der Waals surface area (Å²) in [7, 11) is 2.08. The molecular weight excluding hydrogens is 531 g/mol. The summed E-state index contributed by atoms with van der Waals surface area (Å²) in [6.07, 6.45) is 3.80. The fourth-order valence-electron chi connectivity index (χ4n) is 4.93. The Morgan fingerprint density at radius 2 is 1.85 bits per heavy atom. The molecule has 0 radical (unpaired) electrons. The fraction of sp³-hybridized carbons (Fsp3) is 0.200. The molecule has 1 aliphatic rings. The summed E-state index contributed by atoms with van der Waals surface area (Å²) in [5.41, 5.74) is 5.28. The van der Waals surface area contributed by atoms with Crippen LogP contribution in [-0.4, -0.2) is 49.9 Å². The normalized spacial score (nSPS) is 13.7. The van der Waals surface area contributed by atoms with Gasteiger partial charge in [-0.25, -0.2) is 18.9 Å². The number of benzene rings is 2. The Hall–Kier alpha value is -4.77. The van der Waals surface area contributed by atoms with Crippen molar-refractivity contribution >= 4 is 28.7 Å². The maximum Gasteiger partial charge on any atom is 0.322 e. The van der Waals surface area contributed by atoms with Crippen LogP contribution in [0.25, 0.3) is 28.0 Å². The lowest BCUT2D eigenvalue weighted by atomic mass is 9.99. The van der Waals surface area contributed by atoms with Crippen molar-refractivity contribution in [1.82, 2.24) is 24.5 Å². The van der Waals surface area contributed by atoms with Crippen LogP contribution in [0.3, 0.4) is 0 Å². The summed E-state index contributed by atoms with van der Waals surface area (Å²) in [5.74, 6) is -5.43. The fourth-order valence-corrected chi connectivity index (χ4v) is 4.93. The largest absolute Gasteiger partial charge is 0.324 e. The Balaban J connectivity index is 1.41. The van der Waals surface area contributed by atoms with Gasteiger partial charge in [-0.2, -0.15) is 13.9 Å². The average molecular weight is 558 g/mol. The molecule has 0 bridgehead atoms. The monoisotopic (exact) mass is 557 g/mol. The number of pyridine rings is 1. The molecule has 41 heavy (non-hydrogen) atoms. The van der Waals surface area contributed by atoms with Gasteiger partial charge >= 0.3 is 5.92 Å². The summed E-state index contributed by atoms with van der Waals surface area (Å²) in [6.45, 7) is 2.37. The third-order valence-electron chi connectivity index (χ3n) is 6.98. The predicted octanol–water partition coefficient (Wildman–Crippen LogP) is 5.92. The number of likely N-dealkylation sites (N-methyl/N-ethyl adjacent to an activating group) is 1. The summed E-state index contributed by atoms with van der Waals surface area (Å²) < 4.78 is 44.0. The molecule has 0 saturated carbocycles. The minimum atomic E-state index is -3.55. The first-order chi connectivity index (χ1) is 19.7. The number of hydrogen-bond acceptors (Lipinski definition) is 6. The Morgan fingerprint density at radius 3 is 2.68 bits per heavy atom. The molecule has 1 aliphatic heterocycles. The molecule has 3 aromatic heterocycles. The number of amides is 1. The SMILES string of the molecule is CN1CCc2ccc(Nc3ncc(F)c(-c4c(-c5cccc(NC(=O)C(C)(F)F)c5)nn5ccccc45)n3)cc2C1. The summed E-state index contributed by atoms with van der Waals surface area (Å²) in [4.78, 5) is 22.8. The van der Waals surface area contributed by atoms with Crippen molar-refractivity contribution in [3.05, 3.63) is 90.0 Å². The highest BCUT2D eigenvalue weighted by Crippen LogP contribution is 2.37. The van der Waals surface area contributed by atoms with E-state index in [4.69, 9.17) is 0 Å². The number of rotatable bonds is 6. The van der Waals surface area contributed by atoms with Crippen molar-refractivity contribution in [2.45, 2.75) is 25.8 Å². The van der Waals surface area contributed by atoms with Gasteiger partial charge < -0.3 is 15.5 Å². The number of carbonyl (C=O) groups excluding carboxylic acids is 1. The van der Waals surface area contributed by atoms with Crippen LogP contribution in [0.4, 0.5) is 30.5 Å². The molecule has 2 N–H and O–H groups in total. The second kappa shape index (κ2) is 10.3. The third kappa shape index (κ3) is 5.36. The summed E-state index contributed by atoms with van der Waals surface area (Å²) >= 11 is 0. The van der Waals surface area contributed by atoms with Gasteiger partial charge in [-0.15, -0.1) is 0 Å². The van der Waals surface area contributed by atoms with Crippen molar-refractivity contribution < 1.29 is 18.0 Å². The van der Waals surface area contributed by atoms with Crippen LogP contribution in [0.5, 0.6) is 0 Å². The summed E-state index contributed by atoms with van der Waals surface area (Å²) in [5, 5.41) is 10.1. The van der Waals surface area contributed by atoms with Gasteiger partial charge in [-0.05, 0) is 61.0 Å². The molecule has 0 aliphatic carbocycles. The topological polar surface area (TPSA) is 87.5 Å². The van der Waals surface area contributed by atoms with Gasteiger partial charge in [0.05, 0.1) is 17.3 Å². The van der Waals surface area contributed by atoms with Crippen molar-refractivity contribution in [2.75, 3.05) is 24.2 Å². The maximum absolute atomic E-state index is 15.4. The van der Waals surface area contributed by atoms with E-state index in [9.17, 15) is 13.6 Å². The molecule has 0 unspecified atom stereocenters. The molecule has 0 spiro atoms. The number of hydrogen-bond donors (Lipinski definition) is 2. The molecule has 0 saturated heterocycles. The Morgan fingerprint density at radius 1 is 1.00 bits per heavy atom. The van der Waals surface area contributed by atoms with E-state index in [0.29, 0.717) is 29.3 Å². The second-order valence-corrected chi connectivity index (χ2v) is 10.2. The highest BCUT2D eigenvalue weighted by molar-refractivity contribution is 5.97. The van der Waals surface area contributed by atoms with E-state index in [1.165, 1.54) is 23.3 Å². The van der Waals surface area contributed by atoms with Crippen LogP contribution in [0, 0.1) is 5.82 Å². The zero-order chi connectivity index (χ0) is 28.7. The Kier molecular flexibility index (Phi) is 6.66. The van der Waals surface area contributed by atoms with Crippen molar-refractivity contribution in [3.8, 4) is 22.5 Å². The molecular formula is C30H26F3N7O. The molecule has 4 heterocycles. The molecule has 8 nitrogen and oxygen atoms in total. The third-order valence-corrected chi connectivity index (χ3v) is 6.98. The van der Waals surface area contributed by atoms with E-state index in [1.807, 2.05) is 6.07 Å². The van der Waals surface area contributed by atoms with Gasteiger partial charge in [0, 0.05) is 43.1 Å². The summed E-state index contributed by atoms with van der Waals surface area (Å²) in [6, 6.07) is 17.8. The molecule has 2 aromatic carbocycles. The van der Waals surface area contributed by atoms with Crippen LogP contribution < -0.4 is 10.6 Å². The van der Waals surface area contributed by atoms with Crippen molar-refractivity contribution in [1.29, 1.82) is 0 Å². The maximum atomic E-state index is 15.4. The van der Waals surface area contributed by atoms with Gasteiger partial charge in [0.15, 0.2) is 5.82 Å². The molecule has 5 aromatic rings. The predicted molar refractivity (Wildman–Crippen MR) is 151 cm³/mol. The number of halogens is 3. The van der Waals surface area contributed by atoms with E-state index in [2.05, 4.69) is 49.8 Å².